The second-order valence-corrected chi connectivity index (χ2v) is 10.1. The molecule has 0 aromatic carbocycles. The van der Waals surface area contributed by atoms with E-state index in [9.17, 15) is 8.42 Å². The summed E-state index contributed by atoms with van der Waals surface area (Å²) < 4.78 is 30.1. The summed E-state index contributed by atoms with van der Waals surface area (Å²) in [6.07, 6.45) is 1.52. The van der Waals surface area contributed by atoms with Gasteiger partial charge in [0, 0.05) is 6.54 Å². The van der Waals surface area contributed by atoms with Crippen LogP contribution in [0.4, 0.5) is 5.82 Å². The summed E-state index contributed by atoms with van der Waals surface area (Å²) >= 11 is 6.20. The molecule has 1 aromatic heterocycles. The fraction of sp³-hybridized carbons (Fsp3) is 0.688. The Balaban J connectivity index is 2.00. The highest BCUT2D eigenvalue weighted by molar-refractivity contribution is 7.93. The van der Waals surface area contributed by atoms with Crippen molar-refractivity contribution >= 4 is 27.3 Å². The van der Waals surface area contributed by atoms with Crippen molar-refractivity contribution in [1.29, 1.82) is 0 Å². The van der Waals surface area contributed by atoms with Gasteiger partial charge >= 0.3 is 0 Å². The number of hydrogen-bond donors (Lipinski definition) is 0. The number of nitrogens with zero attached hydrogens (tertiary/aromatic N) is 2. The minimum atomic E-state index is -3.23. The zero-order valence-corrected chi connectivity index (χ0v) is 15.3. The van der Waals surface area contributed by atoms with E-state index in [-0.39, 0.29) is 11.3 Å². The van der Waals surface area contributed by atoms with E-state index in [0.29, 0.717) is 23.9 Å². The third-order valence-corrected chi connectivity index (χ3v) is 8.01. The van der Waals surface area contributed by atoms with Crippen LogP contribution in [0.3, 0.4) is 0 Å². The molecule has 1 aromatic rings. The van der Waals surface area contributed by atoms with Crippen LogP contribution < -0.4 is 4.90 Å². The molecular formula is C16H23ClN2O3S. The van der Waals surface area contributed by atoms with Crippen LogP contribution in [0.2, 0.25) is 5.15 Å². The van der Waals surface area contributed by atoms with Crippen molar-refractivity contribution in [2.45, 2.75) is 49.7 Å². The number of pyridine rings is 1. The quantitative estimate of drug-likeness (QED) is 0.774. The van der Waals surface area contributed by atoms with Gasteiger partial charge in [0.15, 0.2) is 9.84 Å². The summed E-state index contributed by atoms with van der Waals surface area (Å²) in [5.74, 6) is 0.724. The summed E-state index contributed by atoms with van der Waals surface area (Å²) in [5, 5.41) is 0.116. The fourth-order valence-electron chi connectivity index (χ4n) is 3.00. The average Bonchev–Trinajstić information content (AvgIpc) is 3.31. The second kappa shape index (κ2) is 5.90. The normalized spacial score (nSPS) is 23.1. The molecular weight excluding hydrogens is 336 g/mol. The van der Waals surface area contributed by atoms with Gasteiger partial charge in [-0.1, -0.05) is 11.6 Å². The molecule has 2 fully saturated rings. The lowest BCUT2D eigenvalue weighted by Crippen LogP contribution is -2.44. The molecule has 2 aliphatic rings. The van der Waals surface area contributed by atoms with E-state index < -0.39 is 14.6 Å². The summed E-state index contributed by atoms with van der Waals surface area (Å²) in [6, 6.07) is 3.73. The largest absolute Gasteiger partial charge is 0.377 e. The van der Waals surface area contributed by atoms with Gasteiger partial charge in [0.1, 0.15) is 11.0 Å². The predicted octanol–water partition coefficient (Wildman–Crippen LogP) is 2.77. The van der Waals surface area contributed by atoms with Crippen molar-refractivity contribution in [2.75, 3.05) is 24.7 Å². The van der Waals surface area contributed by atoms with E-state index in [1.807, 2.05) is 6.07 Å². The van der Waals surface area contributed by atoms with Crippen LogP contribution in [-0.4, -0.2) is 44.5 Å². The lowest BCUT2D eigenvalue weighted by atomic mass is 10.0. The molecule has 1 saturated heterocycles. The zero-order chi connectivity index (χ0) is 16.8. The van der Waals surface area contributed by atoms with Crippen LogP contribution in [-0.2, 0) is 19.3 Å². The molecule has 0 spiro atoms. The van der Waals surface area contributed by atoms with Crippen molar-refractivity contribution in [3.63, 3.8) is 0 Å². The standard InChI is InChI=1S/C16H23ClN2O3S/c1-11-10-22-7-6-19(11)15-9-12(8-14(17)18-15)16(2,3)23(20,21)13-4-5-13/h8-9,11,13H,4-7,10H2,1-3H3. The number of ether oxygens (including phenoxy) is 1. The zero-order valence-electron chi connectivity index (χ0n) is 13.8. The molecule has 0 amide bonds. The number of aromatic nitrogens is 1. The van der Waals surface area contributed by atoms with Crippen molar-refractivity contribution in [3.05, 3.63) is 22.8 Å². The van der Waals surface area contributed by atoms with Crippen LogP contribution in [0.15, 0.2) is 12.1 Å². The maximum Gasteiger partial charge on any atom is 0.162 e. The Morgan fingerprint density at radius 2 is 2.04 bits per heavy atom. The first-order valence-corrected chi connectivity index (χ1v) is 9.92. The third-order valence-electron chi connectivity index (χ3n) is 4.81. The molecule has 0 N–H and O–H groups in total. The Morgan fingerprint density at radius 1 is 1.35 bits per heavy atom. The highest BCUT2D eigenvalue weighted by Crippen LogP contribution is 2.42. The number of morpholine rings is 1. The van der Waals surface area contributed by atoms with Gasteiger partial charge in [0.2, 0.25) is 0 Å². The fourth-order valence-corrected chi connectivity index (χ4v) is 5.25. The van der Waals surface area contributed by atoms with E-state index >= 15 is 0 Å². The monoisotopic (exact) mass is 358 g/mol. The molecule has 3 rings (SSSR count). The van der Waals surface area contributed by atoms with E-state index in [0.717, 1.165) is 25.2 Å². The Hall–Kier alpha value is -0.850. The van der Waals surface area contributed by atoms with Crippen LogP contribution >= 0.6 is 11.6 Å². The first kappa shape index (κ1) is 17.0. The van der Waals surface area contributed by atoms with Gasteiger partial charge in [0.25, 0.3) is 0 Å². The molecule has 1 aliphatic heterocycles. The maximum absolute atomic E-state index is 12.8. The van der Waals surface area contributed by atoms with Crippen LogP contribution in [0.25, 0.3) is 0 Å². The van der Waals surface area contributed by atoms with Gasteiger partial charge in [0.05, 0.1) is 29.3 Å². The van der Waals surface area contributed by atoms with Gasteiger partial charge in [-0.3, -0.25) is 0 Å². The summed E-state index contributed by atoms with van der Waals surface area (Å²) in [5.41, 5.74) is 0.707. The topological polar surface area (TPSA) is 59.5 Å². The van der Waals surface area contributed by atoms with Crippen molar-refractivity contribution in [1.82, 2.24) is 4.98 Å². The molecule has 1 aliphatic carbocycles. The van der Waals surface area contributed by atoms with Crippen LogP contribution in [0.1, 0.15) is 39.2 Å². The molecule has 7 heteroatoms. The summed E-state index contributed by atoms with van der Waals surface area (Å²) in [7, 11) is -3.23. The molecule has 5 nitrogen and oxygen atoms in total. The number of sulfone groups is 1. The predicted molar refractivity (Wildman–Crippen MR) is 91.8 cm³/mol. The average molecular weight is 359 g/mol. The third kappa shape index (κ3) is 3.08. The molecule has 2 heterocycles. The molecule has 1 unspecified atom stereocenters. The molecule has 0 radical (unpaired) electrons. The van der Waals surface area contributed by atoms with Gasteiger partial charge in [-0.25, -0.2) is 13.4 Å². The lowest BCUT2D eigenvalue weighted by Gasteiger charge is -2.35. The Bertz CT molecular complexity index is 701. The van der Waals surface area contributed by atoms with Gasteiger partial charge < -0.3 is 9.64 Å². The van der Waals surface area contributed by atoms with E-state index in [2.05, 4.69) is 16.8 Å². The molecule has 128 valence electrons. The Morgan fingerprint density at radius 3 is 2.65 bits per heavy atom. The van der Waals surface area contributed by atoms with Crippen LogP contribution in [0, 0.1) is 0 Å². The van der Waals surface area contributed by atoms with Gasteiger partial charge in [-0.15, -0.1) is 0 Å². The molecule has 0 bridgehead atoms. The highest BCUT2D eigenvalue weighted by Gasteiger charge is 2.47. The molecule has 1 atom stereocenters. The smallest absolute Gasteiger partial charge is 0.162 e. The molecule has 23 heavy (non-hydrogen) atoms. The van der Waals surface area contributed by atoms with E-state index in [1.54, 1.807) is 19.9 Å². The maximum atomic E-state index is 12.8. The number of hydrogen-bond acceptors (Lipinski definition) is 5. The highest BCUT2D eigenvalue weighted by atomic mass is 35.5. The number of anilines is 1. The second-order valence-electron chi connectivity index (χ2n) is 6.91. The first-order chi connectivity index (χ1) is 10.7. The van der Waals surface area contributed by atoms with E-state index in [4.69, 9.17) is 16.3 Å². The van der Waals surface area contributed by atoms with Crippen molar-refractivity contribution in [3.8, 4) is 0 Å². The SMILES string of the molecule is CC1COCCN1c1cc(C(C)(C)S(=O)(=O)C2CC2)cc(Cl)n1. The Labute approximate surface area is 142 Å². The van der Waals surface area contributed by atoms with Crippen molar-refractivity contribution < 1.29 is 13.2 Å². The van der Waals surface area contributed by atoms with Crippen LogP contribution in [0.5, 0.6) is 0 Å². The number of halogens is 1. The van der Waals surface area contributed by atoms with E-state index in [1.165, 1.54) is 0 Å². The Kier molecular flexibility index (Phi) is 4.36. The summed E-state index contributed by atoms with van der Waals surface area (Å²) in [4.78, 5) is 6.53. The van der Waals surface area contributed by atoms with Crippen molar-refractivity contribution in [2.24, 2.45) is 0 Å². The molecule has 1 saturated carbocycles. The lowest BCUT2D eigenvalue weighted by molar-refractivity contribution is 0.0985. The van der Waals surface area contributed by atoms with Gasteiger partial charge in [-0.05, 0) is 51.3 Å². The van der Waals surface area contributed by atoms with Gasteiger partial charge in [-0.2, -0.15) is 0 Å². The number of rotatable bonds is 4. The first-order valence-electron chi connectivity index (χ1n) is 7.99. The minimum Gasteiger partial charge on any atom is -0.377 e. The minimum absolute atomic E-state index is 0.186. The summed E-state index contributed by atoms with van der Waals surface area (Å²) in [6.45, 7) is 7.58.